The van der Waals surface area contributed by atoms with E-state index in [1.54, 1.807) is 24.0 Å². The SMILES string of the molecule is CC(=O)N1CCC(C(=O)N2CCO[C@@H](c3ccc(F)cc3)C2)CC1. The number of morpholine rings is 1. The maximum absolute atomic E-state index is 13.1. The molecule has 0 saturated carbocycles. The Labute approximate surface area is 141 Å². The molecule has 0 bridgehead atoms. The summed E-state index contributed by atoms with van der Waals surface area (Å²) in [6, 6.07) is 6.24. The molecule has 2 aliphatic rings. The number of nitrogens with zero attached hydrogens (tertiary/aromatic N) is 2. The van der Waals surface area contributed by atoms with E-state index in [-0.39, 0.29) is 29.7 Å². The van der Waals surface area contributed by atoms with Gasteiger partial charge in [0.1, 0.15) is 11.9 Å². The number of rotatable bonds is 2. The lowest BCUT2D eigenvalue weighted by atomic mass is 9.94. The lowest BCUT2D eigenvalue weighted by Gasteiger charge is -2.37. The molecule has 24 heavy (non-hydrogen) atoms. The second-order valence-corrected chi connectivity index (χ2v) is 6.48. The van der Waals surface area contributed by atoms with Crippen molar-refractivity contribution in [2.24, 2.45) is 5.92 Å². The summed E-state index contributed by atoms with van der Waals surface area (Å²) in [5.74, 6) is -0.0791. The van der Waals surface area contributed by atoms with Gasteiger partial charge in [0.25, 0.3) is 0 Å². The van der Waals surface area contributed by atoms with E-state index < -0.39 is 0 Å². The summed E-state index contributed by atoms with van der Waals surface area (Å²) in [6.45, 7) is 4.44. The van der Waals surface area contributed by atoms with Crippen LogP contribution in [0.4, 0.5) is 4.39 Å². The first-order valence-corrected chi connectivity index (χ1v) is 8.46. The first kappa shape index (κ1) is 16.9. The molecule has 2 saturated heterocycles. The molecule has 2 aliphatic heterocycles. The predicted molar refractivity (Wildman–Crippen MR) is 86.7 cm³/mol. The van der Waals surface area contributed by atoms with Crippen LogP contribution in [0.25, 0.3) is 0 Å². The lowest BCUT2D eigenvalue weighted by Crippen LogP contribution is -2.48. The number of benzene rings is 1. The predicted octanol–water partition coefficient (Wildman–Crippen LogP) is 1.98. The third-order valence-electron chi connectivity index (χ3n) is 4.91. The second kappa shape index (κ2) is 7.30. The van der Waals surface area contributed by atoms with E-state index in [2.05, 4.69) is 0 Å². The highest BCUT2D eigenvalue weighted by Gasteiger charge is 2.32. The quantitative estimate of drug-likeness (QED) is 0.831. The first-order valence-electron chi connectivity index (χ1n) is 8.46. The zero-order valence-electron chi connectivity index (χ0n) is 13.9. The molecule has 2 heterocycles. The monoisotopic (exact) mass is 334 g/mol. The van der Waals surface area contributed by atoms with Gasteiger partial charge in [0.05, 0.1) is 13.2 Å². The Balaban J connectivity index is 1.59. The van der Waals surface area contributed by atoms with Gasteiger partial charge in [-0.25, -0.2) is 4.39 Å². The van der Waals surface area contributed by atoms with Crippen LogP contribution in [-0.2, 0) is 14.3 Å². The number of hydrogen-bond acceptors (Lipinski definition) is 3. The lowest BCUT2D eigenvalue weighted by molar-refractivity contribution is -0.146. The van der Waals surface area contributed by atoms with Gasteiger partial charge in [0, 0.05) is 32.5 Å². The van der Waals surface area contributed by atoms with Crippen molar-refractivity contribution < 1.29 is 18.7 Å². The van der Waals surface area contributed by atoms with Gasteiger partial charge in [-0.3, -0.25) is 9.59 Å². The van der Waals surface area contributed by atoms with Gasteiger partial charge in [-0.05, 0) is 30.5 Å². The Bertz CT molecular complexity index is 597. The maximum Gasteiger partial charge on any atom is 0.225 e. The minimum Gasteiger partial charge on any atom is -0.370 e. The average molecular weight is 334 g/mol. The first-order chi connectivity index (χ1) is 11.5. The standard InChI is InChI=1S/C18H23FN2O3/c1-13(22)20-8-6-15(7-9-20)18(23)21-10-11-24-17(12-21)14-2-4-16(19)5-3-14/h2-5,15,17H,6-12H2,1H3/t17-/m1/s1. The summed E-state index contributed by atoms with van der Waals surface area (Å²) in [6.07, 6.45) is 1.23. The smallest absolute Gasteiger partial charge is 0.225 e. The van der Waals surface area contributed by atoms with E-state index in [1.807, 2.05) is 4.90 Å². The fourth-order valence-electron chi connectivity index (χ4n) is 3.43. The van der Waals surface area contributed by atoms with Crippen LogP contribution in [0.1, 0.15) is 31.4 Å². The van der Waals surface area contributed by atoms with E-state index in [4.69, 9.17) is 4.74 Å². The van der Waals surface area contributed by atoms with Crippen molar-refractivity contribution in [3.63, 3.8) is 0 Å². The molecule has 0 unspecified atom stereocenters. The van der Waals surface area contributed by atoms with Gasteiger partial charge < -0.3 is 14.5 Å². The number of halogens is 1. The molecule has 0 N–H and O–H groups in total. The van der Waals surface area contributed by atoms with Crippen molar-refractivity contribution in [3.8, 4) is 0 Å². The van der Waals surface area contributed by atoms with Gasteiger partial charge in [0.15, 0.2) is 0 Å². The Kier molecular flexibility index (Phi) is 5.14. The summed E-state index contributed by atoms with van der Waals surface area (Å²) < 4.78 is 18.8. The molecule has 2 amide bonds. The molecule has 1 aromatic rings. The normalized spacial score (nSPS) is 22.5. The maximum atomic E-state index is 13.1. The molecule has 0 aliphatic carbocycles. The van der Waals surface area contributed by atoms with Crippen LogP contribution < -0.4 is 0 Å². The summed E-state index contributed by atoms with van der Waals surface area (Å²) >= 11 is 0. The number of carbonyl (C=O) groups is 2. The zero-order valence-corrected chi connectivity index (χ0v) is 13.9. The van der Waals surface area contributed by atoms with Crippen molar-refractivity contribution in [1.29, 1.82) is 0 Å². The third-order valence-corrected chi connectivity index (χ3v) is 4.91. The van der Waals surface area contributed by atoms with Gasteiger partial charge in [-0.1, -0.05) is 12.1 Å². The molecule has 6 heteroatoms. The highest BCUT2D eigenvalue weighted by atomic mass is 19.1. The molecule has 1 aromatic carbocycles. The molecular formula is C18H23FN2O3. The van der Waals surface area contributed by atoms with Gasteiger partial charge >= 0.3 is 0 Å². The zero-order chi connectivity index (χ0) is 17.1. The van der Waals surface area contributed by atoms with E-state index in [0.717, 1.165) is 18.4 Å². The van der Waals surface area contributed by atoms with Crippen molar-refractivity contribution in [3.05, 3.63) is 35.6 Å². The Morgan fingerprint density at radius 3 is 2.38 bits per heavy atom. The molecule has 0 spiro atoms. The van der Waals surface area contributed by atoms with E-state index in [1.165, 1.54) is 12.1 Å². The van der Waals surface area contributed by atoms with Gasteiger partial charge in [-0.2, -0.15) is 0 Å². The Morgan fingerprint density at radius 2 is 1.75 bits per heavy atom. The fraction of sp³-hybridized carbons (Fsp3) is 0.556. The number of likely N-dealkylation sites (tertiary alicyclic amines) is 1. The van der Waals surface area contributed by atoms with Crippen molar-refractivity contribution in [1.82, 2.24) is 9.80 Å². The summed E-state index contributed by atoms with van der Waals surface area (Å²) in [5, 5.41) is 0. The van der Waals surface area contributed by atoms with Gasteiger partial charge in [-0.15, -0.1) is 0 Å². The van der Waals surface area contributed by atoms with Crippen LogP contribution in [0.15, 0.2) is 24.3 Å². The second-order valence-electron chi connectivity index (χ2n) is 6.48. The molecule has 130 valence electrons. The largest absolute Gasteiger partial charge is 0.370 e. The molecule has 0 radical (unpaired) electrons. The highest BCUT2D eigenvalue weighted by molar-refractivity contribution is 5.80. The van der Waals surface area contributed by atoms with E-state index >= 15 is 0 Å². The molecule has 3 rings (SSSR count). The van der Waals surface area contributed by atoms with Crippen molar-refractivity contribution >= 4 is 11.8 Å². The molecule has 2 fully saturated rings. The Hall–Kier alpha value is -1.95. The fourth-order valence-corrected chi connectivity index (χ4v) is 3.43. The number of carbonyl (C=O) groups excluding carboxylic acids is 2. The Morgan fingerprint density at radius 1 is 1.08 bits per heavy atom. The molecular weight excluding hydrogens is 311 g/mol. The summed E-state index contributed by atoms with van der Waals surface area (Å²) in [4.78, 5) is 27.8. The summed E-state index contributed by atoms with van der Waals surface area (Å²) in [7, 11) is 0. The minimum absolute atomic E-state index is 0.0208. The number of ether oxygens (including phenoxy) is 1. The number of hydrogen-bond donors (Lipinski definition) is 0. The van der Waals surface area contributed by atoms with Crippen LogP contribution in [0.3, 0.4) is 0 Å². The van der Waals surface area contributed by atoms with Crippen LogP contribution in [0.2, 0.25) is 0 Å². The van der Waals surface area contributed by atoms with Crippen molar-refractivity contribution in [2.45, 2.75) is 25.9 Å². The average Bonchev–Trinajstić information content (AvgIpc) is 2.62. The number of amides is 2. The third kappa shape index (κ3) is 3.75. The van der Waals surface area contributed by atoms with E-state index in [9.17, 15) is 14.0 Å². The van der Waals surface area contributed by atoms with Crippen LogP contribution >= 0.6 is 0 Å². The van der Waals surface area contributed by atoms with Crippen molar-refractivity contribution in [2.75, 3.05) is 32.8 Å². The van der Waals surface area contributed by atoms with Gasteiger partial charge in [0.2, 0.25) is 11.8 Å². The van der Waals surface area contributed by atoms with Crippen LogP contribution in [0.5, 0.6) is 0 Å². The van der Waals surface area contributed by atoms with Crippen LogP contribution in [-0.4, -0.2) is 54.4 Å². The molecule has 1 atom stereocenters. The molecule has 0 aromatic heterocycles. The topological polar surface area (TPSA) is 49.9 Å². The summed E-state index contributed by atoms with van der Waals surface area (Å²) in [5.41, 5.74) is 0.889. The minimum atomic E-state index is -0.278. The highest BCUT2D eigenvalue weighted by Crippen LogP contribution is 2.26. The molecule has 5 nitrogen and oxygen atoms in total. The van der Waals surface area contributed by atoms with E-state index in [0.29, 0.717) is 32.8 Å². The number of piperidine rings is 1. The van der Waals surface area contributed by atoms with Crippen LogP contribution in [0, 0.1) is 11.7 Å².